The van der Waals surface area contributed by atoms with Crippen LogP contribution < -0.4 is 0 Å². The lowest BCUT2D eigenvalue weighted by Gasteiger charge is -2.26. The summed E-state index contributed by atoms with van der Waals surface area (Å²) >= 11 is 3.52. The average Bonchev–Trinajstić information content (AvgIpc) is 2.93. The molecule has 0 atom stereocenters. The minimum absolute atomic E-state index is 0.856. The predicted octanol–water partition coefficient (Wildman–Crippen LogP) is 2.57. The van der Waals surface area contributed by atoms with Gasteiger partial charge < -0.3 is 9.30 Å². The van der Waals surface area contributed by atoms with Gasteiger partial charge in [-0.25, -0.2) is 4.98 Å². The Kier molecular flexibility index (Phi) is 5.06. The number of rotatable bonds is 5. The summed E-state index contributed by atoms with van der Waals surface area (Å²) in [6, 6.07) is 8.42. The Labute approximate surface area is 133 Å². The van der Waals surface area contributed by atoms with E-state index in [2.05, 4.69) is 60.8 Å². The fourth-order valence-corrected chi connectivity index (χ4v) is 3.06. The monoisotopic (exact) mass is 349 g/mol. The van der Waals surface area contributed by atoms with Gasteiger partial charge in [-0.15, -0.1) is 0 Å². The third-order valence-electron chi connectivity index (χ3n) is 3.81. The van der Waals surface area contributed by atoms with Crippen molar-refractivity contribution in [2.75, 3.05) is 32.8 Å². The zero-order chi connectivity index (χ0) is 14.5. The van der Waals surface area contributed by atoms with Crippen molar-refractivity contribution in [3.8, 4) is 0 Å². The first-order valence-electron chi connectivity index (χ1n) is 7.36. The van der Waals surface area contributed by atoms with Crippen LogP contribution in [0.4, 0.5) is 0 Å². The smallest absolute Gasteiger partial charge is 0.113 e. The van der Waals surface area contributed by atoms with Crippen molar-refractivity contribution in [2.24, 2.45) is 0 Å². The third-order valence-corrected chi connectivity index (χ3v) is 4.31. The molecule has 1 fully saturated rings. The van der Waals surface area contributed by atoms with Gasteiger partial charge in [0.25, 0.3) is 0 Å². The highest BCUT2D eigenvalue weighted by Gasteiger charge is 2.11. The van der Waals surface area contributed by atoms with E-state index in [1.54, 1.807) is 0 Å². The average molecular weight is 350 g/mol. The second-order valence-electron chi connectivity index (χ2n) is 5.30. The maximum absolute atomic E-state index is 5.39. The van der Waals surface area contributed by atoms with E-state index >= 15 is 0 Å². The van der Waals surface area contributed by atoms with Crippen LogP contribution in [0, 0.1) is 0 Å². The first kappa shape index (κ1) is 14.8. The zero-order valence-corrected chi connectivity index (χ0v) is 13.6. The molecule has 0 aliphatic carbocycles. The Morgan fingerprint density at radius 1 is 1.19 bits per heavy atom. The summed E-state index contributed by atoms with van der Waals surface area (Å²) in [6.45, 7) is 5.84. The molecule has 0 saturated carbocycles. The van der Waals surface area contributed by atoms with E-state index in [9.17, 15) is 0 Å². The summed E-state index contributed by atoms with van der Waals surface area (Å²) in [4.78, 5) is 6.96. The molecule has 5 heteroatoms. The van der Waals surface area contributed by atoms with E-state index in [1.165, 1.54) is 5.56 Å². The van der Waals surface area contributed by atoms with Gasteiger partial charge in [0.2, 0.25) is 0 Å². The van der Waals surface area contributed by atoms with Crippen LogP contribution in [0.3, 0.4) is 0 Å². The topological polar surface area (TPSA) is 30.3 Å². The number of aromatic nitrogens is 2. The Bertz CT molecular complexity index is 578. The highest BCUT2D eigenvalue weighted by atomic mass is 79.9. The van der Waals surface area contributed by atoms with Crippen LogP contribution in [-0.2, 0) is 17.7 Å². The standard InChI is InChI=1S/C16H20BrN3O/c17-15-3-1-2-14(12-15)13-16-18-4-5-20(16)7-6-19-8-10-21-11-9-19/h1-5,12H,6-11,13H2. The number of nitrogens with zero attached hydrogens (tertiary/aromatic N) is 3. The van der Waals surface area contributed by atoms with Crippen molar-refractivity contribution in [1.82, 2.24) is 14.5 Å². The van der Waals surface area contributed by atoms with Gasteiger partial charge >= 0.3 is 0 Å². The molecule has 1 saturated heterocycles. The fourth-order valence-electron chi connectivity index (χ4n) is 2.61. The van der Waals surface area contributed by atoms with Crippen LogP contribution in [0.2, 0.25) is 0 Å². The van der Waals surface area contributed by atoms with E-state index in [4.69, 9.17) is 4.74 Å². The largest absolute Gasteiger partial charge is 0.379 e. The first-order chi connectivity index (χ1) is 10.3. The zero-order valence-electron chi connectivity index (χ0n) is 12.0. The van der Waals surface area contributed by atoms with E-state index in [1.807, 2.05) is 6.20 Å². The molecule has 0 unspecified atom stereocenters. The number of morpholine rings is 1. The molecule has 1 aromatic carbocycles. The lowest BCUT2D eigenvalue weighted by molar-refractivity contribution is 0.0363. The highest BCUT2D eigenvalue weighted by Crippen LogP contribution is 2.14. The molecule has 0 bridgehead atoms. The molecule has 0 amide bonds. The summed E-state index contributed by atoms with van der Waals surface area (Å²) in [5.74, 6) is 1.13. The SMILES string of the molecule is Brc1cccc(Cc2nccn2CCN2CCOCC2)c1. The molecule has 2 aromatic rings. The van der Waals surface area contributed by atoms with Gasteiger partial charge in [0, 0.05) is 49.5 Å². The second-order valence-corrected chi connectivity index (χ2v) is 6.21. The number of benzene rings is 1. The summed E-state index contributed by atoms with van der Waals surface area (Å²) in [5, 5.41) is 0. The van der Waals surface area contributed by atoms with Gasteiger partial charge in [-0.1, -0.05) is 28.1 Å². The molecule has 4 nitrogen and oxygen atoms in total. The molecular weight excluding hydrogens is 330 g/mol. The van der Waals surface area contributed by atoms with Crippen LogP contribution in [0.1, 0.15) is 11.4 Å². The molecule has 21 heavy (non-hydrogen) atoms. The number of hydrogen-bond acceptors (Lipinski definition) is 3. The minimum Gasteiger partial charge on any atom is -0.379 e. The summed E-state index contributed by atoms with van der Waals surface area (Å²) in [5.41, 5.74) is 1.28. The normalized spacial score (nSPS) is 16.2. The van der Waals surface area contributed by atoms with Crippen molar-refractivity contribution < 1.29 is 4.74 Å². The molecule has 0 spiro atoms. The van der Waals surface area contributed by atoms with Crippen molar-refractivity contribution >= 4 is 15.9 Å². The van der Waals surface area contributed by atoms with Crippen LogP contribution in [0.25, 0.3) is 0 Å². The van der Waals surface area contributed by atoms with E-state index in [-0.39, 0.29) is 0 Å². The van der Waals surface area contributed by atoms with Crippen molar-refractivity contribution in [3.63, 3.8) is 0 Å². The Morgan fingerprint density at radius 3 is 2.86 bits per heavy atom. The second kappa shape index (κ2) is 7.20. The quantitative estimate of drug-likeness (QED) is 0.830. The maximum Gasteiger partial charge on any atom is 0.113 e. The van der Waals surface area contributed by atoms with Gasteiger partial charge in [0.05, 0.1) is 13.2 Å². The van der Waals surface area contributed by atoms with Crippen LogP contribution in [0.5, 0.6) is 0 Å². The summed E-state index contributed by atoms with van der Waals surface area (Å²) in [7, 11) is 0. The van der Waals surface area contributed by atoms with Crippen molar-refractivity contribution in [3.05, 3.63) is 52.5 Å². The maximum atomic E-state index is 5.39. The molecule has 1 aliphatic rings. The summed E-state index contributed by atoms with van der Waals surface area (Å²) in [6.07, 6.45) is 4.84. The van der Waals surface area contributed by atoms with Crippen LogP contribution in [0.15, 0.2) is 41.1 Å². The first-order valence-corrected chi connectivity index (χ1v) is 8.15. The van der Waals surface area contributed by atoms with E-state index in [0.29, 0.717) is 0 Å². The fraction of sp³-hybridized carbons (Fsp3) is 0.438. The van der Waals surface area contributed by atoms with Gasteiger partial charge in [-0.2, -0.15) is 0 Å². The molecule has 2 heterocycles. The molecule has 112 valence electrons. The van der Waals surface area contributed by atoms with Crippen molar-refractivity contribution in [1.29, 1.82) is 0 Å². The number of halogens is 1. The minimum atomic E-state index is 0.856. The molecule has 0 radical (unpaired) electrons. The molecular formula is C16H20BrN3O. The number of ether oxygens (including phenoxy) is 1. The Hall–Kier alpha value is -1.17. The highest BCUT2D eigenvalue weighted by molar-refractivity contribution is 9.10. The lowest BCUT2D eigenvalue weighted by atomic mass is 10.1. The third kappa shape index (κ3) is 4.15. The molecule has 0 N–H and O–H groups in total. The van der Waals surface area contributed by atoms with Gasteiger partial charge in [-0.05, 0) is 17.7 Å². The number of imidazole rings is 1. The molecule has 1 aromatic heterocycles. The van der Waals surface area contributed by atoms with Crippen LogP contribution >= 0.6 is 15.9 Å². The van der Waals surface area contributed by atoms with Gasteiger partial charge in [0.15, 0.2) is 0 Å². The summed E-state index contributed by atoms with van der Waals surface area (Å²) < 4.78 is 8.76. The number of hydrogen-bond donors (Lipinski definition) is 0. The predicted molar refractivity (Wildman–Crippen MR) is 86.4 cm³/mol. The van der Waals surface area contributed by atoms with Gasteiger partial charge in [0.1, 0.15) is 5.82 Å². The van der Waals surface area contributed by atoms with E-state index < -0.39 is 0 Å². The Morgan fingerprint density at radius 2 is 2.05 bits per heavy atom. The molecule has 3 rings (SSSR count). The Balaban J connectivity index is 1.60. The van der Waals surface area contributed by atoms with E-state index in [0.717, 1.165) is 56.1 Å². The lowest BCUT2D eigenvalue weighted by Crippen LogP contribution is -2.38. The molecule has 1 aliphatic heterocycles. The van der Waals surface area contributed by atoms with Crippen molar-refractivity contribution in [2.45, 2.75) is 13.0 Å². The van der Waals surface area contributed by atoms with Gasteiger partial charge in [-0.3, -0.25) is 4.90 Å². The van der Waals surface area contributed by atoms with Crippen LogP contribution in [-0.4, -0.2) is 47.3 Å².